The highest BCUT2D eigenvalue weighted by Gasteiger charge is 2.19. The Labute approximate surface area is 160 Å². The van der Waals surface area contributed by atoms with Crippen molar-refractivity contribution in [1.82, 2.24) is 5.32 Å². The molecule has 1 heterocycles. The molecule has 2 aromatic rings. The number of fused-ring (bicyclic) bond motifs is 3. The number of rotatable bonds is 5. The predicted octanol–water partition coefficient (Wildman–Crippen LogP) is 4.50. The minimum absolute atomic E-state index is 0.0960. The normalized spacial score (nSPS) is 17.4. The van der Waals surface area contributed by atoms with E-state index >= 15 is 0 Å². The van der Waals surface area contributed by atoms with Gasteiger partial charge in [-0.2, -0.15) is 0 Å². The van der Waals surface area contributed by atoms with Crippen molar-refractivity contribution >= 4 is 28.3 Å². The zero-order valence-electron chi connectivity index (χ0n) is 15.9. The number of hydrogen-bond acceptors (Lipinski definition) is 2. The van der Waals surface area contributed by atoms with Crippen molar-refractivity contribution in [3.05, 3.63) is 41.5 Å². The SMILES string of the molecule is O=C1CCc2c(ccc3cccc(CCCC(=O)NC4CCCCC4)c23)N1. The Bertz CT molecular complexity index is 853. The maximum atomic E-state index is 12.3. The van der Waals surface area contributed by atoms with E-state index in [1.165, 1.54) is 41.2 Å². The fourth-order valence-corrected chi connectivity index (χ4v) is 4.56. The second kappa shape index (κ2) is 8.12. The quantitative estimate of drug-likeness (QED) is 0.821. The summed E-state index contributed by atoms with van der Waals surface area (Å²) in [5.41, 5.74) is 3.47. The molecule has 1 fully saturated rings. The summed E-state index contributed by atoms with van der Waals surface area (Å²) < 4.78 is 0. The molecule has 4 rings (SSSR count). The predicted molar refractivity (Wildman–Crippen MR) is 109 cm³/mol. The zero-order chi connectivity index (χ0) is 18.6. The summed E-state index contributed by atoms with van der Waals surface area (Å²) in [7, 11) is 0. The average molecular weight is 364 g/mol. The van der Waals surface area contributed by atoms with Crippen LogP contribution >= 0.6 is 0 Å². The topological polar surface area (TPSA) is 58.2 Å². The molecule has 0 bridgehead atoms. The van der Waals surface area contributed by atoms with E-state index in [4.69, 9.17) is 0 Å². The van der Waals surface area contributed by atoms with Gasteiger partial charge in [-0.05, 0) is 60.1 Å². The highest BCUT2D eigenvalue weighted by atomic mass is 16.2. The molecule has 4 heteroatoms. The third-order valence-corrected chi connectivity index (χ3v) is 5.94. The molecule has 142 valence electrons. The van der Waals surface area contributed by atoms with E-state index in [1.54, 1.807) is 0 Å². The number of carbonyl (C=O) groups excluding carboxylic acids is 2. The van der Waals surface area contributed by atoms with Gasteiger partial charge in [0.05, 0.1) is 0 Å². The lowest BCUT2D eigenvalue weighted by Crippen LogP contribution is -2.36. The molecule has 0 aromatic heterocycles. The van der Waals surface area contributed by atoms with Crippen molar-refractivity contribution < 1.29 is 9.59 Å². The van der Waals surface area contributed by atoms with Crippen LogP contribution in [0.3, 0.4) is 0 Å². The molecule has 2 N–H and O–H groups in total. The summed E-state index contributed by atoms with van der Waals surface area (Å²) in [6.45, 7) is 0. The van der Waals surface area contributed by atoms with E-state index in [0.29, 0.717) is 18.9 Å². The fourth-order valence-electron chi connectivity index (χ4n) is 4.56. The summed E-state index contributed by atoms with van der Waals surface area (Å²) in [4.78, 5) is 24.0. The van der Waals surface area contributed by atoms with E-state index in [1.807, 2.05) is 6.07 Å². The molecule has 0 saturated heterocycles. The second-order valence-electron chi connectivity index (χ2n) is 7.91. The molecule has 2 aromatic carbocycles. The van der Waals surface area contributed by atoms with Crippen LogP contribution in [0.2, 0.25) is 0 Å². The lowest BCUT2D eigenvalue weighted by Gasteiger charge is -2.23. The number of nitrogens with one attached hydrogen (secondary N) is 2. The van der Waals surface area contributed by atoms with Crippen LogP contribution in [0.5, 0.6) is 0 Å². The van der Waals surface area contributed by atoms with Crippen LogP contribution < -0.4 is 10.6 Å². The first-order valence-corrected chi connectivity index (χ1v) is 10.3. The molecule has 0 unspecified atom stereocenters. The summed E-state index contributed by atoms with van der Waals surface area (Å²) >= 11 is 0. The van der Waals surface area contributed by atoms with E-state index in [-0.39, 0.29) is 11.8 Å². The van der Waals surface area contributed by atoms with Crippen molar-refractivity contribution in [3.8, 4) is 0 Å². The molecular weight excluding hydrogens is 336 g/mol. The molecular formula is C23H28N2O2. The first-order valence-electron chi connectivity index (χ1n) is 10.3. The van der Waals surface area contributed by atoms with Gasteiger partial charge in [0.2, 0.25) is 11.8 Å². The van der Waals surface area contributed by atoms with Crippen LogP contribution in [0, 0.1) is 0 Å². The smallest absolute Gasteiger partial charge is 0.224 e. The molecule has 0 radical (unpaired) electrons. The van der Waals surface area contributed by atoms with E-state index < -0.39 is 0 Å². The van der Waals surface area contributed by atoms with E-state index in [0.717, 1.165) is 37.8 Å². The van der Waals surface area contributed by atoms with Crippen LogP contribution in [0.1, 0.15) is 62.5 Å². The largest absolute Gasteiger partial charge is 0.353 e. The Morgan fingerprint density at radius 2 is 1.93 bits per heavy atom. The molecule has 1 aliphatic heterocycles. The lowest BCUT2D eigenvalue weighted by molar-refractivity contribution is -0.122. The number of aryl methyl sites for hydroxylation is 2. The second-order valence-corrected chi connectivity index (χ2v) is 7.91. The number of hydrogen-bond donors (Lipinski definition) is 2. The van der Waals surface area contributed by atoms with Gasteiger partial charge in [0.15, 0.2) is 0 Å². The van der Waals surface area contributed by atoms with Crippen molar-refractivity contribution in [1.29, 1.82) is 0 Å². The summed E-state index contributed by atoms with van der Waals surface area (Å²) in [5.74, 6) is 0.287. The molecule has 1 aliphatic carbocycles. The van der Waals surface area contributed by atoms with Gasteiger partial charge in [-0.1, -0.05) is 43.5 Å². The molecule has 2 aliphatic rings. The van der Waals surface area contributed by atoms with Crippen LogP contribution in [0.15, 0.2) is 30.3 Å². The van der Waals surface area contributed by atoms with Gasteiger partial charge in [-0.15, -0.1) is 0 Å². The Morgan fingerprint density at radius 3 is 2.78 bits per heavy atom. The number of benzene rings is 2. The van der Waals surface area contributed by atoms with Gasteiger partial charge < -0.3 is 10.6 Å². The summed E-state index contributed by atoms with van der Waals surface area (Å²) in [6.07, 6.45) is 9.71. The number of carbonyl (C=O) groups is 2. The van der Waals surface area contributed by atoms with Gasteiger partial charge in [-0.3, -0.25) is 9.59 Å². The third kappa shape index (κ3) is 4.15. The highest BCUT2D eigenvalue weighted by Crippen LogP contribution is 2.33. The Hall–Kier alpha value is -2.36. The van der Waals surface area contributed by atoms with Gasteiger partial charge in [0, 0.05) is 24.6 Å². The maximum Gasteiger partial charge on any atom is 0.224 e. The highest BCUT2D eigenvalue weighted by molar-refractivity contribution is 6.01. The van der Waals surface area contributed by atoms with Gasteiger partial charge in [0.25, 0.3) is 0 Å². The zero-order valence-corrected chi connectivity index (χ0v) is 15.9. The molecule has 2 amide bonds. The van der Waals surface area contributed by atoms with Crippen LogP contribution in [0.4, 0.5) is 5.69 Å². The standard InChI is InChI=1S/C23H28N2O2/c26-21(24-18-9-2-1-3-10-18)11-5-8-16-6-4-7-17-12-14-20-19(23(16)17)13-15-22(27)25-20/h4,6-7,12,14,18H,1-3,5,8-11,13,15H2,(H,24,26)(H,25,27). The first-order chi connectivity index (χ1) is 13.2. The number of anilines is 1. The summed E-state index contributed by atoms with van der Waals surface area (Å²) in [5, 5.41) is 8.69. The van der Waals surface area contributed by atoms with Crippen molar-refractivity contribution in [2.75, 3.05) is 5.32 Å². The van der Waals surface area contributed by atoms with Crippen LogP contribution in [0.25, 0.3) is 10.8 Å². The minimum atomic E-state index is 0.0960. The van der Waals surface area contributed by atoms with E-state index in [2.05, 4.69) is 34.9 Å². The Balaban J connectivity index is 1.43. The monoisotopic (exact) mass is 364 g/mol. The molecule has 4 nitrogen and oxygen atoms in total. The Kier molecular flexibility index (Phi) is 5.42. The van der Waals surface area contributed by atoms with Crippen LogP contribution in [-0.4, -0.2) is 17.9 Å². The van der Waals surface area contributed by atoms with Crippen LogP contribution in [-0.2, 0) is 22.4 Å². The van der Waals surface area contributed by atoms with Crippen molar-refractivity contribution in [3.63, 3.8) is 0 Å². The molecule has 0 spiro atoms. The summed E-state index contributed by atoms with van der Waals surface area (Å²) in [6, 6.07) is 10.9. The number of amides is 2. The van der Waals surface area contributed by atoms with Gasteiger partial charge >= 0.3 is 0 Å². The van der Waals surface area contributed by atoms with Gasteiger partial charge in [0.1, 0.15) is 0 Å². The maximum absolute atomic E-state index is 12.3. The van der Waals surface area contributed by atoms with Gasteiger partial charge in [-0.25, -0.2) is 0 Å². The lowest BCUT2D eigenvalue weighted by atomic mass is 9.91. The minimum Gasteiger partial charge on any atom is -0.353 e. The molecule has 27 heavy (non-hydrogen) atoms. The molecule has 1 saturated carbocycles. The first kappa shape index (κ1) is 18.0. The fraction of sp³-hybridized carbons (Fsp3) is 0.478. The Morgan fingerprint density at radius 1 is 1.07 bits per heavy atom. The average Bonchev–Trinajstić information content (AvgIpc) is 2.68. The van der Waals surface area contributed by atoms with Crippen molar-refractivity contribution in [2.45, 2.75) is 70.3 Å². The van der Waals surface area contributed by atoms with E-state index in [9.17, 15) is 9.59 Å². The molecule has 0 atom stereocenters. The third-order valence-electron chi connectivity index (χ3n) is 5.94. The van der Waals surface area contributed by atoms with Crippen molar-refractivity contribution in [2.24, 2.45) is 0 Å².